The van der Waals surface area contributed by atoms with Crippen LogP contribution in [0.1, 0.15) is 23.1 Å². The lowest BCUT2D eigenvalue weighted by atomic mass is 10.0. The fourth-order valence-corrected chi connectivity index (χ4v) is 1.34. The maximum atomic E-state index is 12.5. The molecule has 0 aliphatic heterocycles. The number of alkyl halides is 2. The molecule has 0 atom stereocenters. The van der Waals surface area contributed by atoms with E-state index in [2.05, 4.69) is 4.98 Å². The van der Waals surface area contributed by atoms with E-state index in [1.807, 2.05) is 0 Å². The molecule has 5 nitrogen and oxygen atoms in total. The van der Waals surface area contributed by atoms with Gasteiger partial charge in [-0.05, 0) is 22.4 Å². The zero-order valence-corrected chi connectivity index (χ0v) is 8.28. The van der Waals surface area contributed by atoms with Gasteiger partial charge in [0.2, 0.25) is 0 Å². The molecule has 0 saturated carbocycles. The molecule has 7 heteroatoms. The first kappa shape index (κ1) is 12.0. The van der Waals surface area contributed by atoms with Gasteiger partial charge in [0.05, 0.1) is 23.6 Å². The minimum absolute atomic E-state index is 0.0146. The summed E-state index contributed by atoms with van der Waals surface area (Å²) in [6.07, 6.45) is -2.34. The van der Waals surface area contributed by atoms with E-state index in [0.717, 1.165) is 6.20 Å². The highest BCUT2D eigenvalue weighted by Crippen LogP contribution is 2.28. The van der Waals surface area contributed by atoms with E-state index in [0.29, 0.717) is 0 Å². The van der Waals surface area contributed by atoms with E-state index in [4.69, 9.17) is 5.26 Å². The molecule has 1 heterocycles. The molecule has 0 N–H and O–H groups in total. The van der Waals surface area contributed by atoms with E-state index in [-0.39, 0.29) is 17.5 Å². The largest absolute Gasteiger partial charge is 0.366 e. The van der Waals surface area contributed by atoms with E-state index in [1.165, 1.54) is 6.92 Å². The Morgan fingerprint density at radius 1 is 1.69 bits per heavy atom. The van der Waals surface area contributed by atoms with E-state index >= 15 is 0 Å². The summed E-state index contributed by atoms with van der Waals surface area (Å²) in [5, 5.41) is 19.0. The molecule has 0 aliphatic carbocycles. The summed E-state index contributed by atoms with van der Waals surface area (Å²) in [6, 6.07) is 1.70. The lowest BCUT2D eigenvalue weighted by molar-refractivity contribution is -0.390. The second kappa shape index (κ2) is 4.61. The van der Waals surface area contributed by atoms with Crippen molar-refractivity contribution in [2.45, 2.75) is 19.8 Å². The first-order valence-electron chi connectivity index (χ1n) is 4.27. The highest BCUT2D eigenvalue weighted by atomic mass is 19.3. The van der Waals surface area contributed by atoms with Crippen molar-refractivity contribution in [2.75, 3.05) is 0 Å². The number of nitrogens with zero attached hydrogens (tertiary/aromatic N) is 3. The molecule has 0 saturated heterocycles. The number of aromatic nitrogens is 1. The van der Waals surface area contributed by atoms with Gasteiger partial charge >= 0.3 is 5.82 Å². The SMILES string of the molecule is Cc1c([N+](=O)[O-])ncc(C(F)F)c1CC#N. The van der Waals surface area contributed by atoms with E-state index < -0.39 is 22.7 Å². The van der Waals surface area contributed by atoms with Crippen LogP contribution in [0.5, 0.6) is 0 Å². The average Bonchev–Trinajstić information content (AvgIpc) is 2.20. The molecule has 0 fully saturated rings. The fourth-order valence-electron chi connectivity index (χ4n) is 1.34. The smallest absolute Gasteiger partial charge is 0.358 e. The molecular formula is C9H7F2N3O2. The Morgan fingerprint density at radius 2 is 2.31 bits per heavy atom. The normalized spacial score (nSPS) is 10.2. The molecule has 16 heavy (non-hydrogen) atoms. The van der Waals surface area contributed by atoms with Gasteiger partial charge in [-0.2, -0.15) is 5.26 Å². The minimum Gasteiger partial charge on any atom is -0.358 e. The maximum absolute atomic E-state index is 12.5. The van der Waals surface area contributed by atoms with E-state index in [9.17, 15) is 18.9 Å². The topological polar surface area (TPSA) is 79.8 Å². The highest BCUT2D eigenvalue weighted by molar-refractivity contribution is 5.44. The summed E-state index contributed by atoms with van der Waals surface area (Å²) in [5.74, 6) is -0.491. The number of nitro groups is 1. The van der Waals surface area contributed by atoms with Gasteiger partial charge in [-0.15, -0.1) is 0 Å². The number of nitriles is 1. The number of hydrogen-bond donors (Lipinski definition) is 0. The summed E-state index contributed by atoms with van der Waals surface area (Å²) < 4.78 is 25.1. The van der Waals surface area contributed by atoms with Gasteiger partial charge in [-0.1, -0.05) is 0 Å². The third kappa shape index (κ3) is 2.11. The molecule has 1 aromatic rings. The maximum Gasteiger partial charge on any atom is 0.366 e. The summed E-state index contributed by atoms with van der Waals surface area (Å²) >= 11 is 0. The van der Waals surface area contributed by atoms with Crippen LogP contribution in [0.25, 0.3) is 0 Å². The Kier molecular flexibility index (Phi) is 3.45. The predicted octanol–water partition coefficient (Wildman–Crippen LogP) is 2.30. The lowest BCUT2D eigenvalue weighted by Gasteiger charge is -2.07. The minimum atomic E-state index is -2.80. The summed E-state index contributed by atoms with van der Waals surface area (Å²) in [5.41, 5.74) is -0.423. The molecular weight excluding hydrogens is 220 g/mol. The molecule has 0 spiro atoms. The number of hydrogen-bond acceptors (Lipinski definition) is 4. The van der Waals surface area contributed by atoms with Gasteiger partial charge in [0.15, 0.2) is 0 Å². The van der Waals surface area contributed by atoms with Crippen molar-refractivity contribution in [2.24, 2.45) is 0 Å². The Morgan fingerprint density at radius 3 is 2.75 bits per heavy atom. The monoisotopic (exact) mass is 227 g/mol. The third-order valence-corrected chi connectivity index (χ3v) is 2.13. The van der Waals surface area contributed by atoms with Gasteiger partial charge in [-0.25, -0.2) is 8.78 Å². The summed E-state index contributed by atoms with van der Waals surface area (Å²) in [4.78, 5) is 13.1. The zero-order valence-electron chi connectivity index (χ0n) is 8.28. The number of rotatable bonds is 3. The van der Waals surface area contributed by atoms with Gasteiger partial charge in [0.25, 0.3) is 6.43 Å². The fraction of sp³-hybridized carbons (Fsp3) is 0.333. The number of pyridine rings is 1. The van der Waals surface area contributed by atoms with Gasteiger partial charge < -0.3 is 10.1 Å². The van der Waals surface area contributed by atoms with Crippen LogP contribution in [-0.4, -0.2) is 9.91 Å². The summed E-state index contributed by atoms with van der Waals surface area (Å²) in [6.45, 7) is 1.31. The van der Waals surface area contributed by atoms with Crippen molar-refractivity contribution in [3.05, 3.63) is 33.0 Å². The molecule has 0 radical (unpaired) electrons. The van der Waals surface area contributed by atoms with Crippen molar-refractivity contribution in [1.82, 2.24) is 4.98 Å². The molecule has 0 aromatic carbocycles. The number of halogens is 2. The zero-order chi connectivity index (χ0) is 12.3. The van der Waals surface area contributed by atoms with Gasteiger partial charge in [0.1, 0.15) is 6.20 Å². The summed E-state index contributed by atoms with van der Waals surface area (Å²) in [7, 11) is 0. The Bertz CT molecular complexity index is 469. The second-order valence-electron chi connectivity index (χ2n) is 3.03. The molecule has 1 aromatic heterocycles. The molecule has 0 unspecified atom stereocenters. The standard InChI is InChI=1S/C9H7F2N3O2/c1-5-6(2-3-12)7(8(10)11)4-13-9(5)14(15)16/h4,8H,2H2,1H3. The van der Waals surface area contributed by atoms with Crippen LogP contribution >= 0.6 is 0 Å². The van der Waals surface area contributed by atoms with Crippen LogP contribution in [0.2, 0.25) is 0 Å². The van der Waals surface area contributed by atoms with Crippen LogP contribution in [-0.2, 0) is 6.42 Å². The van der Waals surface area contributed by atoms with E-state index in [1.54, 1.807) is 6.07 Å². The van der Waals surface area contributed by atoms with Crippen LogP contribution in [0, 0.1) is 28.4 Å². The molecule has 1 rings (SSSR count). The third-order valence-electron chi connectivity index (χ3n) is 2.13. The van der Waals surface area contributed by atoms with Crippen molar-refractivity contribution in [3.8, 4) is 6.07 Å². The lowest BCUT2D eigenvalue weighted by Crippen LogP contribution is -2.04. The van der Waals surface area contributed by atoms with Gasteiger partial charge in [-0.3, -0.25) is 0 Å². The van der Waals surface area contributed by atoms with Crippen LogP contribution in [0.4, 0.5) is 14.6 Å². The molecule has 84 valence electrons. The van der Waals surface area contributed by atoms with Gasteiger partial charge in [0, 0.05) is 0 Å². The highest BCUT2D eigenvalue weighted by Gasteiger charge is 2.23. The van der Waals surface area contributed by atoms with Crippen molar-refractivity contribution in [1.29, 1.82) is 5.26 Å². The first-order valence-corrected chi connectivity index (χ1v) is 4.27. The Hall–Kier alpha value is -2.10. The van der Waals surface area contributed by atoms with Crippen LogP contribution in [0.3, 0.4) is 0 Å². The Labute approximate surface area is 89.5 Å². The quantitative estimate of drug-likeness (QED) is 0.586. The van der Waals surface area contributed by atoms with Crippen LogP contribution < -0.4 is 0 Å². The van der Waals surface area contributed by atoms with Crippen molar-refractivity contribution >= 4 is 5.82 Å². The predicted molar refractivity (Wildman–Crippen MR) is 49.9 cm³/mol. The molecule has 0 amide bonds. The van der Waals surface area contributed by atoms with Crippen molar-refractivity contribution < 1.29 is 13.7 Å². The Balaban J connectivity index is 3.42. The molecule has 0 bridgehead atoms. The average molecular weight is 227 g/mol. The molecule has 0 aliphatic rings. The van der Waals surface area contributed by atoms with Crippen molar-refractivity contribution in [3.63, 3.8) is 0 Å². The second-order valence-corrected chi connectivity index (χ2v) is 3.03. The first-order chi connectivity index (χ1) is 7.49. The van der Waals surface area contributed by atoms with Crippen LogP contribution in [0.15, 0.2) is 6.20 Å².